The van der Waals surface area contributed by atoms with Gasteiger partial charge in [-0.1, -0.05) is 24.3 Å². The number of primary amides is 1. The summed E-state index contributed by atoms with van der Waals surface area (Å²) in [5.41, 5.74) is 7.26. The molecule has 0 spiro atoms. The highest BCUT2D eigenvalue weighted by Crippen LogP contribution is 2.22. The number of nitrogens with two attached hydrogens (primary N) is 1. The van der Waals surface area contributed by atoms with Crippen LogP contribution >= 0.6 is 11.8 Å². The Balaban J connectivity index is 1.51. The molecule has 0 atom stereocenters. The van der Waals surface area contributed by atoms with Crippen LogP contribution in [0.15, 0.2) is 53.4 Å². The molecule has 0 radical (unpaired) electrons. The van der Waals surface area contributed by atoms with Gasteiger partial charge in [0.15, 0.2) is 0 Å². The minimum atomic E-state index is -0.436. The predicted octanol–water partition coefficient (Wildman–Crippen LogP) is 1.85. The van der Waals surface area contributed by atoms with Gasteiger partial charge in [0.1, 0.15) is 0 Å². The van der Waals surface area contributed by atoms with E-state index in [9.17, 15) is 14.4 Å². The molecule has 0 aliphatic carbocycles. The van der Waals surface area contributed by atoms with E-state index in [4.69, 9.17) is 10.5 Å². The number of ether oxygens (including phenoxy) is 1. The van der Waals surface area contributed by atoms with E-state index in [-0.39, 0.29) is 17.6 Å². The molecule has 2 aromatic rings. The first-order valence-electron chi connectivity index (χ1n) is 10.5. The summed E-state index contributed by atoms with van der Waals surface area (Å²) in [6, 6.07) is 14.5. The van der Waals surface area contributed by atoms with Gasteiger partial charge < -0.3 is 21.1 Å². The molecule has 3 rings (SSSR count). The number of amides is 3. The van der Waals surface area contributed by atoms with Crippen LogP contribution in [0.5, 0.6) is 0 Å². The van der Waals surface area contributed by atoms with E-state index >= 15 is 0 Å². The van der Waals surface area contributed by atoms with E-state index in [1.807, 2.05) is 30.3 Å². The van der Waals surface area contributed by atoms with Crippen LogP contribution < -0.4 is 16.4 Å². The van der Waals surface area contributed by atoms with Crippen molar-refractivity contribution in [3.05, 3.63) is 59.7 Å². The van der Waals surface area contributed by atoms with Gasteiger partial charge in [0.2, 0.25) is 11.8 Å². The number of hydrogen-bond acceptors (Lipinski definition) is 6. The van der Waals surface area contributed by atoms with Crippen molar-refractivity contribution in [1.82, 2.24) is 10.2 Å². The third kappa shape index (κ3) is 7.67. The summed E-state index contributed by atoms with van der Waals surface area (Å²) in [4.78, 5) is 38.9. The molecule has 1 heterocycles. The van der Waals surface area contributed by atoms with E-state index < -0.39 is 5.91 Å². The monoisotopic (exact) mass is 456 g/mol. The van der Waals surface area contributed by atoms with Crippen LogP contribution in [0, 0.1) is 0 Å². The van der Waals surface area contributed by atoms with Gasteiger partial charge in [-0.15, -0.1) is 11.8 Å². The highest BCUT2D eigenvalue weighted by Gasteiger charge is 2.13. The Morgan fingerprint density at radius 3 is 2.62 bits per heavy atom. The maximum Gasteiger partial charge on any atom is 0.252 e. The lowest BCUT2D eigenvalue weighted by Crippen LogP contribution is -2.38. The molecule has 8 nitrogen and oxygen atoms in total. The van der Waals surface area contributed by atoms with Crippen molar-refractivity contribution in [2.45, 2.75) is 17.9 Å². The van der Waals surface area contributed by atoms with E-state index in [0.29, 0.717) is 48.9 Å². The first kappa shape index (κ1) is 23.8. The van der Waals surface area contributed by atoms with Crippen LogP contribution in [0.4, 0.5) is 5.69 Å². The summed E-state index contributed by atoms with van der Waals surface area (Å²) >= 11 is 1.24. The van der Waals surface area contributed by atoms with Crippen LogP contribution in [-0.2, 0) is 20.9 Å². The van der Waals surface area contributed by atoms with Crippen molar-refractivity contribution in [2.75, 3.05) is 43.9 Å². The molecule has 1 fully saturated rings. The molecular formula is C23H28N4O4S. The minimum absolute atomic E-state index is 0.0434. The van der Waals surface area contributed by atoms with E-state index in [0.717, 1.165) is 18.7 Å². The molecule has 2 aromatic carbocycles. The second-order valence-electron chi connectivity index (χ2n) is 7.39. The average Bonchev–Trinajstić information content (AvgIpc) is 2.81. The normalized spacial score (nSPS) is 14.0. The Hall–Kier alpha value is -2.88. The summed E-state index contributed by atoms with van der Waals surface area (Å²) in [7, 11) is 0. The number of benzene rings is 2. The number of anilines is 1. The standard InChI is InChI=1S/C23H28N4O4S/c24-21(28)16-32-20-7-2-1-6-19(20)23(30)25-15-17-4-3-5-18(14-17)26-22(29)8-9-27-10-12-31-13-11-27/h1-7,14H,8-13,15-16H2,(H2,24,28)(H,25,30)(H,26,29). The zero-order valence-corrected chi connectivity index (χ0v) is 18.7. The number of carbonyl (C=O) groups excluding carboxylic acids is 3. The zero-order chi connectivity index (χ0) is 22.8. The first-order valence-corrected chi connectivity index (χ1v) is 11.5. The number of carbonyl (C=O) groups is 3. The molecule has 0 unspecified atom stereocenters. The van der Waals surface area contributed by atoms with Crippen LogP contribution in [0.2, 0.25) is 0 Å². The molecule has 0 saturated carbocycles. The molecule has 0 bridgehead atoms. The van der Waals surface area contributed by atoms with Gasteiger partial charge in [-0.3, -0.25) is 19.3 Å². The molecular weight excluding hydrogens is 428 g/mol. The van der Waals surface area contributed by atoms with Crippen LogP contribution in [0.25, 0.3) is 0 Å². The Morgan fingerprint density at radius 2 is 1.84 bits per heavy atom. The molecule has 3 amide bonds. The molecule has 4 N–H and O–H groups in total. The average molecular weight is 457 g/mol. The van der Waals surface area contributed by atoms with Crippen molar-refractivity contribution in [3.63, 3.8) is 0 Å². The lowest BCUT2D eigenvalue weighted by molar-refractivity contribution is -0.117. The summed E-state index contributed by atoms with van der Waals surface area (Å²) in [5, 5.41) is 5.81. The van der Waals surface area contributed by atoms with Crippen LogP contribution in [-0.4, -0.2) is 61.2 Å². The smallest absolute Gasteiger partial charge is 0.252 e. The second kappa shape index (κ2) is 12.2. The van der Waals surface area contributed by atoms with E-state index in [1.54, 1.807) is 18.2 Å². The number of rotatable bonds is 10. The molecule has 1 aliphatic rings. The molecule has 1 saturated heterocycles. The third-order valence-electron chi connectivity index (χ3n) is 4.92. The van der Waals surface area contributed by atoms with Gasteiger partial charge in [-0.05, 0) is 29.8 Å². The van der Waals surface area contributed by atoms with Crippen molar-refractivity contribution in [2.24, 2.45) is 5.73 Å². The molecule has 9 heteroatoms. The highest BCUT2D eigenvalue weighted by molar-refractivity contribution is 8.00. The Kier molecular flexibility index (Phi) is 9.09. The summed E-state index contributed by atoms with van der Waals surface area (Å²) in [5.74, 6) is -0.609. The minimum Gasteiger partial charge on any atom is -0.379 e. The number of hydrogen-bond donors (Lipinski definition) is 3. The number of nitrogens with zero attached hydrogens (tertiary/aromatic N) is 1. The molecule has 1 aliphatic heterocycles. The van der Waals surface area contributed by atoms with Crippen LogP contribution in [0.1, 0.15) is 22.3 Å². The van der Waals surface area contributed by atoms with Crippen molar-refractivity contribution < 1.29 is 19.1 Å². The SMILES string of the molecule is NC(=O)CSc1ccccc1C(=O)NCc1cccc(NC(=O)CCN2CCOCC2)c1. The van der Waals surface area contributed by atoms with E-state index in [2.05, 4.69) is 15.5 Å². The second-order valence-corrected chi connectivity index (χ2v) is 8.40. The molecule has 32 heavy (non-hydrogen) atoms. The fourth-order valence-corrected chi connectivity index (χ4v) is 4.06. The highest BCUT2D eigenvalue weighted by atomic mass is 32.2. The van der Waals surface area contributed by atoms with Crippen molar-refractivity contribution in [3.8, 4) is 0 Å². The quantitative estimate of drug-likeness (QED) is 0.470. The van der Waals surface area contributed by atoms with Crippen LogP contribution in [0.3, 0.4) is 0 Å². The topological polar surface area (TPSA) is 114 Å². The fraction of sp³-hybridized carbons (Fsp3) is 0.348. The maximum absolute atomic E-state index is 12.7. The Labute approximate surface area is 191 Å². The summed E-state index contributed by atoms with van der Waals surface area (Å²) in [6.45, 7) is 4.15. The molecule has 170 valence electrons. The Bertz CT molecular complexity index is 947. The summed E-state index contributed by atoms with van der Waals surface area (Å²) < 4.78 is 5.32. The van der Waals surface area contributed by atoms with Gasteiger partial charge in [-0.2, -0.15) is 0 Å². The Morgan fingerprint density at radius 1 is 1.06 bits per heavy atom. The van der Waals surface area contributed by atoms with Gasteiger partial charge in [-0.25, -0.2) is 0 Å². The summed E-state index contributed by atoms with van der Waals surface area (Å²) in [6.07, 6.45) is 0.417. The fourth-order valence-electron chi connectivity index (χ4n) is 3.27. The van der Waals surface area contributed by atoms with Crippen molar-refractivity contribution >= 4 is 35.2 Å². The predicted molar refractivity (Wildman–Crippen MR) is 124 cm³/mol. The number of thioether (sulfide) groups is 1. The van der Waals surface area contributed by atoms with E-state index in [1.165, 1.54) is 11.8 Å². The zero-order valence-electron chi connectivity index (χ0n) is 17.8. The first-order chi connectivity index (χ1) is 15.5. The largest absolute Gasteiger partial charge is 0.379 e. The lowest BCUT2D eigenvalue weighted by Gasteiger charge is -2.26. The van der Waals surface area contributed by atoms with Gasteiger partial charge in [0, 0.05) is 43.2 Å². The van der Waals surface area contributed by atoms with Crippen molar-refractivity contribution in [1.29, 1.82) is 0 Å². The third-order valence-corrected chi connectivity index (χ3v) is 6.02. The number of nitrogens with one attached hydrogen (secondary N) is 2. The number of morpholine rings is 1. The lowest BCUT2D eigenvalue weighted by atomic mass is 10.1. The van der Waals surface area contributed by atoms with Gasteiger partial charge in [0.05, 0.1) is 24.5 Å². The van der Waals surface area contributed by atoms with Gasteiger partial charge in [0.25, 0.3) is 5.91 Å². The van der Waals surface area contributed by atoms with Gasteiger partial charge >= 0.3 is 0 Å². The maximum atomic E-state index is 12.7. The molecule has 0 aromatic heterocycles.